The molecule has 0 unspecified atom stereocenters. The van der Waals surface area contributed by atoms with Crippen LogP contribution < -0.4 is 14.4 Å². The van der Waals surface area contributed by atoms with Gasteiger partial charge in [0, 0.05) is 6.04 Å². The Morgan fingerprint density at radius 2 is 1.93 bits per heavy atom. The third kappa shape index (κ3) is 4.67. The Morgan fingerprint density at radius 3 is 2.54 bits per heavy atom. The highest BCUT2D eigenvalue weighted by molar-refractivity contribution is 7.94. The van der Waals surface area contributed by atoms with Crippen LogP contribution in [0.5, 0.6) is 5.75 Å². The first-order valence-electron chi connectivity index (χ1n) is 9.41. The molecule has 0 spiro atoms. The highest BCUT2D eigenvalue weighted by Gasteiger charge is 2.30. The second-order valence-electron chi connectivity index (χ2n) is 7.08. The van der Waals surface area contributed by atoms with Crippen LogP contribution in [0.25, 0.3) is 0 Å². The number of hydrogen-bond acceptors (Lipinski definition) is 5. The number of carbonyl (C=O) groups is 1. The zero-order chi connectivity index (χ0) is 20.1. The van der Waals surface area contributed by atoms with Crippen molar-refractivity contribution >= 4 is 33.0 Å². The summed E-state index contributed by atoms with van der Waals surface area (Å²) in [7, 11) is -2.28. The number of ether oxygens (including phenoxy) is 1. The van der Waals surface area contributed by atoms with Crippen molar-refractivity contribution in [2.75, 3.05) is 18.0 Å². The van der Waals surface area contributed by atoms with Gasteiger partial charge >= 0.3 is 0 Å². The molecule has 1 saturated carbocycles. The molecule has 0 aliphatic heterocycles. The van der Waals surface area contributed by atoms with Crippen LogP contribution in [-0.2, 0) is 14.8 Å². The van der Waals surface area contributed by atoms with E-state index in [1.807, 2.05) is 0 Å². The molecule has 0 bridgehead atoms. The number of thiophene rings is 1. The van der Waals surface area contributed by atoms with Crippen molar-refractivity contribution in [2.45, 2.75) is 42.9 Å². The summed E-state index contributed by atoms with van der Waals surface area (Å²) in [5, 5.41) is 4.75. The highest BCUT2D eigenvalue weighted by atomic mass is 32.2. The summed E-state index contributed by atoms with van der Waals surface area (Å²) >= 11 is 1.14. The lowest BCUT2D eigenvalue weighted by Gasteiger charge is -2.31. The molecule has 152 valence electrons. The van der Waals surface area contributed by atoms with E-state index in [0.717, 1.165) is 30.6 Å². The lowest BCUT2D eigenvalue weighted by Crippen LogP contribution is -2.47. The van der Waals surface area contributed by atoms with Gasteiger partial charge in [-0.15, -0.1) is 11.3 Å². The minimum absolute atomic E-state index is 0.100. The number of benzene rings is 1. The van der Waals surface area contributed by atoms with Crippen LogP contribution in [0.15, 0.2) is 46.0 Å². The fourth-order valence-electron chi connectivity index (χ4n) is 3.50. The second-order valence-corrected chi connectivity index (χ2v) is 10.1. The van der Waals surface area contributed by atoms with E-state index < -0.39 is 10.0 Å². The van der Waals surface area contributed by atoms with E-state index >= 15 is 0 Å². The van der Waals surface area contributed by atoms with Crippen molar-refractivity contribution in [1.82, 2.24) is 5.32 Å². The van der Waals surface area contributed by atoms with Crippen molar-refractivity contribution in [2.24, 2.45) is 5.92 Å². The Hall–Kier alpha value is -2.06. The van der Waals surface area contributed by atoms with Crippen molar-refractivity contribution < 1.29 is 17.9 Å². The van der Waals surface area contributed by atoms with Crippen molar-refractivity contribution in [3.63, 3.8) is 0 Å². The predicted molar refractivity (Wildman–Crippen MR) is 111 cm³/mol. The molecule has 1 amide bonds. The first-order chi connectivity index (χ1) is 13.4. The Labute approximate surface area is 170 Å². The summed E-state index contributed by atoms with van der Waals surface area (Å²) in [4.78, 5) is 12.7. The van der Waals surface area contributed by atoms with Crippen LogP contribution in [0, 0.1) is 5.92 Å². The fourth-order valence-corrected chi connectivity index (χ4v) is 6.02. The zero-order valence-electron chi connectivity index (χ0n) is 16.1. The molecule has 1 fully saturated rings. The van der Waals surface area contributed by atoms with Crippen LogP contribution in [0.3, 0.4) is 0 Å². The Morgan fingerprint density at radius 1 is 1.21 bits per heavy atom. The number of nitrogens with zero attached hydrogens (tertiary/aromatic N) is 1. The maximum absolute atomic E-state index is 13.2. The molecule has 1 aromatic heterocycles. The lowest BCUT2D eigenvalue weighted by molar-refractivity contribution is -0.120. The molecule has 1 aliphatic carbocycles. The average Bonchev–Trinajstić information content (AvgIpc) is 3.24. The third-order valence-corrected chi connectivity index (χ3v) is 8.29. The maximum atomic E-state index is 13.2. The summed E-state index contributed by atoms with van der Waals surface area (Å²) in [6.07, 6.45) is 4.29. The van der Waals surface area contributed by atoms with Gasteiger partial charge in [-0.25, -0.2) is 8.42 Å². The molecule has 1 N–H and O–H groups in total. The molecule has 2 atom stereocenters. The number of rotatable bonds is 7. The van der Waals surface area contributed by atoms with E-state index in [4.69, 9.17) is 4.74 Å². The zero-order valence-corrected chi connectivity index (χ0v) is 17.8. The largest absolute Gasteiger partial charge is 0.497 e. The molecule has 1 aliphatic rings. The van der Waals surface area contributed by atoms with E-state index in [0.29, 0.717) is 17.4 Å². The number of sulfonamides is 1. The average molecular weight is 423 g/mol. The summed E-state index contributed by atoms with van der Waals surface area (Å²) in [6.45, 7) is 1.88. The molecule has 1 aromatic carbocycles. The van der Waals surface area contributed by atoms with Gasteiger partial charge in [-0.1, -0.05) is 25.8 Å². The van der Waals surface area contributed by atoms with Crippen molar-refractivity contribution in [3.05, 3.63) is 41.8 Å². The molecular formula is C20H26N2O4S2. The summed E-state index contributed by atoms with van der Waals surface area (Å²) in [5.41, 5.74) is 0.432. The Kier molecular flexibility index (Phi) is 6.61. The minimum Gasteiger partial charge on any atom is -0.497 e. The second kappa shape index (κ2) is 8.96. The standard InChI is InChI=1S/C20H26N2O4S2/c1-15-6-3-4-7-18(15)21-19(23)14-22(16-9-11-17(26-2)12-10-16)28(24,25)20-8-5-13-27-20/h5,8-13,15,18H,3-4,6-7,14H2,1-2H3,(H,21,23)/t15-,18-/m0/s1. The van der Waals surface area contributed by atoms with Gasteiger partial charge in [-0.05, 0) is 54.5 Å². The van der Waals surface area contributed by atoms with Crippen LogP contribution in [0.2, 0.25) is 0 Å². The van der Waals surface area contributed by atoms with Gasteiger partial charge in [0.25, 0.3) is 10.0 Å². The number of methoxy groups -OCH3 is 1. The maximum Gasteiger partial charge on any atom is 0.274 e. The Bertz CT molecular complexity index is 879. The van der Waals surface area contributed by atoms with E-state index in [-0.39, 0.29) is 22.7 Å². The molecule has 6 nitrogen and oxygen atoms in total. The molecule has 2 aromatic rings. The Balaban J connectivity index is 1.84. The van der Waals surface area contributed by atoms with Crippen LogP contribution in [0.1, 0.15) is 32.6 Å². The third-order valence-electron chi connectivity index (χ3n) is 5.14. The molecule has 0 radical (unpaired) electrons. The van der Waals surface area contributed by atoms with Gasteiger partial charge in [-0.3, -0.25) is 9.10 Å². The van der Waals surface area contributed by atoms with Gasteiger partial charge in [-0.2, -0.15) is 0 Å². The van der Waals surface area contributed by atoms with Crippen molar-refractivity contribution in [1.29, 1.82) is 0 Å². The monoisotopic (exact) mass is 422 g/mol. The highest BCUT2D eigenvalue weighted by Crippen LogP contribution is 2.28. The van der Waals surface area contributed by atoms with E-state index in [2.05, 4.69) is 12.2 Å². The van der Waals surface area contributed by atoms with Gasteiger partial charge < -0.3 is 10.1 Å². The van der Waals surface area contributed by atoms with Gasteiger partial charge in [0.05, 0.1) is 12.8 Å². The number of anilines is 1. The fraction of sp³-hybridized carbons (Fsp3) is 0.450. The van der Waals surface area contributed by atoms with E-state index in [1.54, 1.807) is 48.9 Å². The molecule has 3 rings (SSSR count). The van der Waals surface area contributed by atoms with Crippen molar-refractivity contribution in [3.8, 4) is 5.75 Å². The van der Waals surface area contributed by atoms with Crippen LogP contribution in [-0.4, -0.2) is 34.0 Å². The number of amides is 1. The first kappa shape index (κ1) is 20.7. The first-order valence-corrected chi connectivity index (χ1v) is 11.7. The molecular weight excluding hydrogens is 396 g/mol. The lowest BCUT2D eigenvalue weighted by atomic mass is 9.86. The summed E-state index contributed by atoms with van der Waals surface area (Å²) in [5.74, 6) is 0.744. The number of hydrogen-bond donors (Lipinski definition) is 1. The molecule has 1 heterocycles. The number of nitrogens with one attached hydrogen (secondary N) is 1. The van der Waals surface area contributed by atoms with Gasteiger partial charge in [0.2, 0.25) is 5.91 Å². The summed E-state index contributed by atoms with van der Waals surface area (Å²) < 4.78 is 32.9. The molecule has 8 heteroatoms. The van der Waals surface area contributed by atoms with E-state index in [1.165, 1.54) is 10.7 Å². The van der Waals surface area contributed by atoms with Crippen LogP contribution in [0.4, 0.5) is 5.69 Å². The summed E-state index contributed by atoms with van der Waals surface area (Å²) in [6, 6.07) is 10.0. The topological polar surface area (TPSA) is 75.7 Å². The smallest absolute Gasteiger partial charge is 0.274 e. The quantitative estimate of drug-likeness (QED) is 0.739. The van der Waals surface area contributed by atoms with E-state index in [9.17, 15) is 13.2 Å². The minimum atomic E-state index is -3.83. The predicted octanol–water partition coefficient (Wildman–Crippen LogP) is 3.65. The molecule has 28 heavy (non-hydrogen) atoms. The molecule has 0 saturated heterocycles. The van der Waals surface area contributed by atoms with Crippen LogP contribution >= 0.6 is 11.3 Å². The number of carbonyl (C=O) groups excluding carboxylic acids is 1. The SMILES string of the molecule is COc1ccc(N(CC(=O)N[C@H]2CCCC[C@@H]2C)S(=O)(=O)c2cccs2)cc1. The van der Waals surface area contributed by atoms with Gasteiger partial charge in [0.1, 0.15) is 16.5 Å². The van der Waals surface area contributed by atoms with Gasteiger partial charge in [0.15, 0.2) is 0 Å². The normalized spacial score (nSPS) is 19.8.